The molecule has 43 heavy (non-hydrogen) atoms. The molecule has 1 amide bonds. The van der Waals surface area contributed by atoms with Gasteiger partial charge in [-0.3, -0.25) is 9.59 Å². The Balaban J connectivity index is 1.71. The van der Waals surface area contributed by atoms with Gasteiger partial charge in [0.25, 0.3) is 5.91 Å². The second-order valence-electron chi connectivity index (χ2n) is 10.7. The summed E-state index contributed by atoms with van der Waals surface area (Å²) in [6.07, 6.45) is 1.15. The van der Waals surface area contributed by atoms with Gasteiger partial charge in [0.15, 0.2) is 0 Å². The van der Waals surface area contributed by atoms with Gasteiger partial charge in [0.1, 0.15) is 11.9 Å². The lowest BCUT2D eigenvalue weighted by atomic mass is 9.85. The van der Waals surface area contributed by atoms with Gasteiger partial charge in [-0.15, -0.1) is 0 Å². The van der Waals surface area contributed by atoms with Crippen LogP contribution in [0.15, 0.2) is 84.9 Å². The number of aryl methyl sites for hydroxylation is 2. The molecule has 6 nitrogen and oxygen atoms in total. The Morgan fingerprint density at radius 2 is 1.60 bits per heavy atom. The number of nitrogens with zero attached hydrogens (tertiary/aromatic N) is 1. The highest BCUT2D eigenvalue weighted by Crippen LogP contribution is 2.40. The van der Waals surface area contributed by atoms with Crippen LogP contribution in [-0.4, -0.2) is 23.5 Å². The lowest BCUT2D eigenvalue weighted by Gasteiger charge is -2.29. The first-order chi connectivity index (χ1) is 20.7. The van der Waals surface area contributed by atoms with E-state index in [4.69, 9.17) is 21.4 Å². The predicted molar refractivity (Wildman–Crippen MR) is 170 cm³/mol. The van der Waals surface area contributed by atoms with Crippen molar-refractivity contribution in [2.45, 2.75) is 52.1 Å². The van der Waals surface area contributed by atoms with Crippen molar-refractivity contribution in [3.8, 4) is 22.9 Å². The molecule has 0 fully saturated rings. The molecular weight excluding hydrogens is 560 g/mol. The van der Waals surface area contributed by atoms with Gasteiger partial charge < -0.3 is 15.2 Å². The molecule has 4 aromatic rings. The lowest BCUT2D eigenvalue weighted by molar-refractivity contribution is -0.136. The second-order valence-corrected chi connectivity index (χ2v) is 11.1. The summed E-state index contributed by atoms with van der Waals surface area (Å²) in [6.45, 7) is 6.32. The minimum Gasteiger partial charge on any atom is -0.485 e. The van der Waals surface area contributed by atoms with Crippen LogP contribution in [0.25, 0.3) is 11.1 Å². The summed E-state index contributed by atoms with van der Waals surface area (Å²) < 4.78 is 6.79. The summed E-state index contributed by atoms with van der Waals surface area (Å²) in [4.78, 5) is 23.3. The van der Waals surface area contributed by atoms with Crippen molar-refractivity contribution in [3.63, 3.8) is 0 Å². The Bertz CT molecular complexity index is 1630. The molecule has 2 atom stereocenters. The Kier molecular flexibility index (Phi) is 10.6. The topological polar surface area (TPSA) is 99.4 Å². The fourth-order valence-corrected chi connectivity index (χ4v) is 5.20. The fourth-order valence-electron chi connectivity index (χ4n) is 5.07. The Morgan fingerprint density at radius 1 is 0.907 bits per heavy atom. The maximum absolute atomic E-state index is 12.5. The van der Waals surface area contributed by atoms with Crippen molar-refractivity contribution in [2.75, 3.05) is 6.54 Å². The molecule has 4 aromatic carbocycles. The highest BCUT2D eigenvalue weighted by Gasteiger charge is 2.27. The van der Waals surface area contributed by atoms with Crippen molar-refractivity contribution in [2.24, 2.45) is 0 Å². The molecule has 7 heteroatoms. The minimum atomic E-state index is -0.965. The van der Waals surface area contributed by atoms with Crippen LogP contribution in [0.4, 0.5) is 0 Å². The van der Waals surface area contributed by atoms with Crippen molar-refractivity contribution >= 4 is 23.5 Å². The van der Waals surface area contributed by atoms with Gasteiger partial charge in [0.2, 0.25) is 0 Å². The van der Waals surface area contributed by atoms with E-state index in [0.717, 1.165) is 35.1 Å². The number of benzene rings is 4. The van der Waals surface area contributed by atoms with Gasteiger partial charge in [0.05, 0.1) is 18.1 Å². The van der Waals surface area contributed by atoms with Gasteiger partial charge in [-0.2, -0.15) is 5.26 Å². The van der Waals surface area contributed by atoms with Gasteiger partial charge in [0, 0.05) is 23.0 Å². The molecule has 4 rings (SSSR count). The third-order valence-electron chi connectivity index (χ3n) is 7.53. The molecule has 0 aliphatic heterocycles. The Morgan fingerprint density at radius 3 is 2.23 bits per heavy atom. The van der Waals surface area contributed by atoms with Gasteiger partial charge >= 0.3 is 5.97 Å². The molecule has 0 heterocycles. The average Bonchev–Trinajstić information content (AvgIpc) is 3.00. The molecule has 0 unspecified atom stereocenters. The summed E-state index contributed by atoms with van der Waals surface area (Å²) in [5.41, 5.74) is 7.17. The number of amides is 1. The zero-order chi connectivity index (χ0) is 30.9. The molecule has 2 N–H and O–H groups in total. The van der Waals surface area contributed by atoms with Crippen LogP contribution in [0, 0.1) is 25.2 Å². The first-order valence-electron chi connectivity index (χ1n) is 14.3. The Hall–Kier alpha value is -4.60. The second kappa shape index (κ2) is 14.5. The van der Waals surface area contributed by atoms with Gasteiger partial charge in [-0.25, -0.2) is 0 Å². The Labute approximate surface area is 257 Å². The van der Waals surface area contributed by atoms with E-state index in [0.29, 0.717) is 21.9 Å². The number of carbonyl (C=O) groups is 2. The van der Waals surface area contributed by atoms with Gasteiger partial charge in [-0.1, -0.05) is 67.4 Å². The van der Waals surface area contributed by atoms with Crippen LogP contribution in [-0.2, 0) is 4.79 Å². The summed E-state index contributed by atoms with van der Waals surface area (Å²) in [5, 5.41) is 22.0. The number of carboxylic acid groups (broad SMARTS) is 1. The summed E-state index contributed by atoms with van der Waals surface area (Å²) in [5.74, 6) is -0.779. The monoisotopic (exact) mass is 594 g/mol. The zero-order valence-corrected chi connectivity index (χ0v) is 25.3. The van der Waals surface area contributed by atoms with Crippen molar-refractivity contribution in [1.29, 1.82) is 5.26 Å². The van der Waals surface area contributed by atoms with Crippen LogP contribution < -0.4 is 10.1 Å². The fraction of sp³-hybridized carbons (Fsp3) is 0.250. The third kappa shape index (κ3) is 8.24. The van der Waals surface area contributed by atoms with Crippen LogP contribution in [0.3, 0.4) is 0 Å². The van der Waals surface area contributed by atoms with Crippen LogP contribution in [0.1, 0.15) is 76.4 Å². The standard InChI is InChI=1S/C36H35ClN2O4/c1-4-5-33(26-8-10-28(11-9-26)36(42)39-17-16-34(40)41)35(27-12-14-31(37)15-13-27)43-32-20-25(22-38)19-30(21-32)29-7-6-23(2)24(3)18-29/h6-15,18-21,33,35H,4-5,16-17H2,1-3H3,(H,39,42)(H,40,41)/t33-,35+/m1/s1. The number of nitrogens with one attached hydrogen (secondary N) is 1. The molecule has 0 saturated carbocycles. The molecular formula is C36H35ClN2O4. The molecule has 0 aliphatic rings. The number of hydrogen-bond donors (Lipinski definition) is 2. The van der Waals surface area contributed by atoms with E-state index in [-0.39, 0.29) is 24.8 Å². The minimum absolute atomic E-state index is 0.0623. The third-order valence-corrected chi connectivity index (χ3v) is 7.78. The van der Waals surface area contributed by atoms with Crippen LogP contribution >= 0.6 is 11.6 Å². The van der Waals surface area contributed by atoms with E-state index in [9.17, 15) is 14.9 Å². The summed E-state index contributed by atoms with van der Waals surface area (Å²) in [6, 6.07) is 29.1. The number of nitriles is 1. The number of aliphatic carboxylic acids is 1. The number of rotatable bonds is 12. The SMILES string of the molecule is CCC[C@H](c1ccc(C(=O)NCCC(=O)O)cc1)[C@@H](Oc1cc(C#N)cc(-c2ccc(C)c(C)c2)c1)c1ccc(Cl)cc1. The first kappa shape index (κ1) is 31.3. The number of hydrogen-bond acceptors (Lipinski definition) is 4. The van der Waals surface area contributed by atoms with Crippen molar-refractivity contribution in [1.82, 2.24) is 5.32 Å². The molecule has 0 bridgehead atoms. The smallest absolute Gasteiger partial charge is 0.305 e. The first-order valence-corrected chi connectivity index (χ1v) is 14.7. The quantitative estimate of drug-likeness (QED) is 0.171. The molecule has 0 aromatic heterocycles. The lowest BCUT2D eigenvalue weighted by Crippen LogP contribution is -2.26. The van der Waals surface area contributed by atoms with E-state index in [1.807, 2.05) is 48.5 Å². The molecule has 0 aliphatic carbocycles. The largest absolute Gasteiger partial charge is 0.485 e. The van der Waals surface area contributed by atoms with Crippen molar-refractivity contribution in [3.05, 3.63) is 123 Å². The average molecular weight is 595 g/mol. The van der Waals surface area contributed by atoms with E-state index < -0.39 is 12.1 Å². The van der Waals surface area contributed by atoms with E-state index >= 15 is 0 Å². The molecule has 0 saturated heterocycles. The number of carboxylic acids is 1. The number of ether oxygens (including phenoxy) is 1. The van der Waals surface area contributed by atoms with Crippen LogP contribution in [0.2, 0.25) is 5.02 Å². The summed E-state index contributed by atoms with van der Waals surface area (Å²) >= 11 is 6.24. The maximum atomic E-state index is 12.5. The normalized spacial score (nSPS) is 12.2. The predicted octanol–water partition coefficient (Wildman–Crippen LogP) is 8.40. The number of carbonyl (C=O) groups excluding carboxylic acids is 1. The zero-order valence-electron chi connectivity index (χ0n) is 24.6. The van der Waals surface area contributed by atoms with Crippen molar-refractivity contribution < 1.29 is 19.4 Å². The number of halogens is 1. The molecule has 0 spiro atoms. The van der Waals surface area contributed by atoms with E-state index in [1.54, 1.807) is 18.2 Å². The highest BCUT2D eigenvalue weighted by atomic mass is 35.5. The highest BCUT2D eigenvalue weighted by molar-refractivity contribution is 6.30. The van der Waals surface area contributed by atoms with E-state index in [2.05, 4.69) is 50.4 Å². The van der Waals surface area contributed by atoms with E-state index in [1.165, 1.54) is 11.1 Å². The van der Waals surface area contributed by atoms with Gasteiger partial charge in [-0.05, 0) is 96.1 Å². The molecule has 220 valence electrons. The molecule has 0 radical (unpaired) electrons. The summed E-state index contributed by atoms with van der Waals surface area (Å²) in [7, 11) is 0. The maximum Gasteiger partial charge on any atom is 0.305 e. The van der Waals surface area contributed by atoms with Crippen LogP contribution in [0.5, 0.6) is 5.75 Å².